The minimum absolute atomic E-state index is 0.0678. The number of benzene rings is 2. The van der Waals surface area contributed by atoms with E-state index in [4.69, 9.17) is 5.26 Å². The Morgan fingerprint density at radius 3 is 2.35 bits per heavy atom. The van der Waals surface area contributed by atoms with E-state index in [1.807, 2.05) is 6.07 Å². The van der Waals surface area contributed by atoms with Crippen LogP contribution in [0, 0.1) is 23.0 Å². The van der Waals surface area contributed by atoms with E-state index in [-0.39, 0.29) is 18.7 Å². The lowest BCUT2D eigenvalue weighted by Gasteiger charge is -2.22. The van der Waals surface area contributed by atoms with E-state index in [9.17, 15) is 22.0 Å². The Bertz CT molecular complexity index is 954. The van der Waals surface area contributed by atoms with Crippen molar-refractivity contribution in [2.75, 3.05) is 22.4 Å². The minimum atomic E-state index is -3.66. The molecule has 0 fully saturated rings. The van der Waals surface area contributed by atoms with Gasteiger partial charge in [-0.05, 0) is 36.4 Å². The Labute approximate surface area is 149 Å². The molecule has 2 aromatic carbocycles. The fourth-order valence-corrected chi connectivity index (χ4v) is 3.12. The van der Waals surface area contributed by atoms with Crippen molar-refractivity contribution in [3.8, 4) is 6.07 Å². The Morgan fingerprint density at radius 2 is 1.81 bits per heavy atom. The summed E-state index contributed by atoms with van der Waals surface area (Å²) in [6.45, 7) is -0.153. The second-order valence-corrected chi connectivity index (χ2v) is 7.33. The van der Waals surface area contributed by atoms with Crippen molar-refractivity contribution in [1.29, 1.82) is 5.26 Å². The monoisotopic (exact) mass is 379 g/mol. The van der Waals surface area contributed by atoms with Crippen LogP contribution < -0.4 is 9.62 Å². The van der Waals surface area contributed by atoms with Crippen LogP contribution in [0.4, 0.5) is 20.2 Å². The minimum Gasteiger partial charge on any atom is -0.326 e. The molecule has 0 saturated carbocycles. The molecule has 26 heavy (non-hydrogen) atoms. The fourth-order valence-electron chi connectivity index (χ4n) is 2.19. The zero-order valence-corrected chi connectivity index (χ0v) is 14.6. The topological polar surface area (TPSA) is 90.3 Å². The van der Waals surface area contributed by atoms with Gasteiger partial charge in [-0.15, -0.1) is 0 Å². The highest BCUT2D eigenvalue weighted by atomic mass is 32.2. The quantitative estimate of drug-likeness (QED) is 0.835. The second-order valence-electron chi connectivity index (χ2n) is 5.42. The molecule has 1 amide bonds. The summed E-state index contributed by atoms with van der Waals surface area (Å²) in [5, 5.41) is 11.2. The number of nitrogens with zero attached hydrogens (tertiary/aromatic N) is 2. The van der Waals surface area contributed by atoms with Crippen LogP contribution in [0.15, 0.2) is 42.5 Å². The highest BCUT2D eigenvalue weighted by Crippen LogP contribution is 2.19. The van der Waals surface area contributed by atoms with Crippen molar-refractivity contribution >= 4 is 27.3 Å². The van der Waals surface area contributed by atoms with Crippen LogP contribution in [0.25, 0.3) is 0 Å². The van der Waals surface area contributed by atoms with Crippen LogP contribution in [-0.2, 0) is 14.8 Å². The number of sulfonamides is 1. The van der Waals surface area contributed by atoms with Crippen molar-refractivity contribution < 1.29 is 22.0 Å². The van der Waals surface area contributed by atoms with Crippen molar-refractivity contribution in [3.63, 3.8) is 0 Å². The highest BCUT2D eigenvalue weighted by Gasteiger charge is 2.19. The number of nitrogens with one attached hydrogen (secondary N) is 1. The molecule has 0 bridgehead atoms. The van der Waals surface area contributed by atoms with Crippen molar-refractivity contribution in [2.24, 2.45) is 0 Å². The van der Waals surface area contributed by atoms with Gasteiger partial charge in [-0.1, -0.05) is 0 Å². The summed E-state index contributed by atoms with van der Waals surface area (Å²) in [4.78, 5) is 12.0. The van der Waals surface area contributed by atoms with Crippen LogP contribution in [0.5, 0.6) is 0 Å². The Kier molecular flexibility index (Phi) is 5.90. The number of hydrogen-bond acceptors (Lipinski definition) is 4. The molecule has 2 rings (SSSR count). The van der Waals surface area contributed by atoms with Crippen LogP contribution in [0.1, 0.15) is 12.0 Å². The Morgan fingerprint density at radius 1 is 1.15 bits per heavy atom. The van der Waals surface area contributed by atoms with E-state index in [2.05, 4.69) is 5.32 Å². The second kappa shape index (κ2) is 7.93. The first kappa shape index (κ1) is 19.3. The molecule has 6 nitrogen and oxygen atoms in total. The third-order valence-corrected chi connectivity index (χ3v) is 4.62. The standard InChI is InChI=1S/C17H15F2N3O3S/c1-26(24,25)22(14-5-2-12(11-20)3-6-14)9-8-17(23)21-13-4-7-15(18)16(19)10-13/h2-7,10H,8-9H2,1H3,(H,21,23). The van der Waals surface area contributed by atoms with Crippen LogP contribution in [0.2, 0.25) is 0 Å². The van der Waals surface area contributed by atoms with Gasteiger partial charge in [-0.25, -0.2) is 17.2 Å². The van der Waals surface area contributed by atoms with Gasteiger partial charge >= 0.3 is 0 Å². The molecule has 0 spiro atoms. The first-order chi connectivity index (χ1) is 12.2. The molecular weight excluding hydrogens is 364 g/mol. The van der Waals surface area contributed by atoms with Gasteiger partial charge in [0.2, 0.25) is 15.9 Å². The first-order valence-electron chi connectivity index (χ1n) is 7.43. The molecule has 0 heterocycles. The predicted molar refractivity (Wildman–Crippen MR) is 93.0 cm³/mol. The number of amides is 1. The highest BCUT2D eigenvalue weighted by molar-refractivity contribution is 7.92. The molecule has 0 aromatic heterocycles. The summed E-state index contributed by atoms with van der Waals surface area (Å²) >= 11 is 0. The van der Waals surface area contributed by atoms with Gasteiger partial charge in [0.15, 0.2) is 11.6 Å². The number of nitriles is 1. The fraction of sp³-hybridized carbons (Fsp3) is 0.176. The summed E-state index contributed by atoms with van der Waals surface area (Å²) < 4.78 is 51.0. The number of carbonyl (C=O) groups excluding carboxylic acids is 1. The molecule has 9 heteroatoms. The van der Waals surface area contributed by atoms with Gasteiger partial charge in [-0.2, -0.15) is 5.26 Å². The Hall–Kier alpha value is -2.99. The summed E-state index contributed by atoms with van der Waals surface area (Å²) in [5.74, 6) is -2.69. The third-order valence-electron chi connectivity index (χ3n) is 3.43. The normalized spacial score (nSPS) is 10.8. The van der Waals surface area contributed by atoms with Crippen LogP contribution >= 0.6 is 0 Å². The maximum absolute atomic E-state index is 13.1. The van der Waals surface area contributed by atoms with E-state index in [1.165, 1.54) is 30.3 Å². The summed E-state index contributed by atoms with van der Waals surface area (Å²) in [6, 6.07) is 10.7. The molecule has 0 unspecified atom stereocenters. The molecule has 0 aliphatic rings. The van der Waals surface area contributed by atoms with Gasteiger partial charge < -0.3 is 5.32 Å². The third kappa shape index (κ3) is 5.00. The SMILES string of the molecule is CS(=O)(=O)N(CCC(=O)Nc1ccc(F)c(F)c1)c1ccc(C#N)cc1. The Balaban J connectivity index is 2.08. The molecule has 0 aliphatic carbocycles. The zero-order valence-electron chi connectivity index (χ0n) is 13.7. The van der Waals surface area contributed by atoms with Crippen molar-refractivity contribution in [3.05, 3.63) is 59.7 Å². The largest absolute Gasteiger partial charge is 0.326 e. The number of carbonyl (C=O) groups is 1. The van der Waals surface area contributed by atoms with Gasteiger partial charge in [0.05, 0.1) is 23.6 Å². The van der Waals surface area contributed by atoms with Gasteiger partial charge in [0.25, 0.3) is 0 Å². The van der Waals surface area contributed by atoms with Crippen LogP contribution in [0.3, 0.4) is 0 Å². The molecule has 1 N–H and O–H groups in total. The van der Waals surface area contributed by atoms with Gasteiger partial charge in [0.1, 0.15) is 0 Å². The first-order valence-corrected chi connectivity index (χ1v) is 9.28. The van der Waals surface area contributed by atoms with E-state index >= 15 is 0 Å². The van der Waals surface area contributed by atoms with Crippen molar-refractivity contribution in [2.45, 2.75) is 6.42 Å². The predicted octanol–water partition coefficient (Wildman–Crippen LogP) is 2.63. The molecular formula is C17H15F2N3O3S. The lowest BCUT2D eigenvalue weighted by molar-refractivity contribution is -0.116. The number of anilines is 2. The lowest BCUT2D eigenvalue weighted by atomic mass is 10.2. The molecule has 0 radical (unpaired) electrons. The maximum Gasteiger partial charge on any atom is 0.232 e. The number of rotatable bonds is 6. The van der Waals surface area contributed by atoms with Gasteiger partial charge in [0, 0.05) is 24.7 Å². The number of halogens is 2. The zero-order chi connectivity index (χ0) is 19.3. The summed E-state index contributed by atoms with van der Waals surface area (Å²) in [6.07, 6.45) is 0.796. The van der Waals surface area contributed by atoms with E-state index in [0.29, 0.717) is 11.3 Å². The van der Waals surface area contributed by atoms with Crippen molar-refractivity contribution in [1.82, 2.24) is 0 Å². The molecule has 0 saturated heterocycles. The number of hydrogen-bond donors (Lipinski definition) is 1. The smallest absolute Gasteiger partial charge is 0.232 e. The van der Waals surface area contributed by atoms with Gasteiger partial charge in [-0.3, -0.25) is 9.10 Å². The van der Waals surface area contributed by atoms with E-state index < -0.39 is 27.6 Å². The molecule has 136 valence electrons. The molecule has 0 aliphatic heterocycles. The lowest BCUT2D eigenvalue weighted by Crippen LogP contribution is -2.33. The average Bonchev–Trinajstić information content (AvgIpc) is 2.58. The molecule has 0 atom stereocenters. The maximum atomic E-state index is 13.1. The summed E-state index contributed by atoms with van der Waals surface area (Å²) in [5.41, 5.74) is 0.753. The molecule has 2 aromatic rings. The van der Waals surface area contributed by atoms with E-state index in [0.717, 1.165) is 22.7 Å². The summed E-state index contributed by atoms with van der Waals surface area (Å²) in [7, 11) is -3.66. The van der Waals surface area contributed by atoms with E-state index in [1.54, 1.807) is 0 Å². The van der Waals surface area contributed by atoms with Crippen LogP contribution in [-0.4, -0.2) is 27.1 Å². The average molecular weight is 379 g/mol.